The molecule has 1 aliphatic heterocycles. The van der Waals surface area contributed by atoms with E-state index in [1.54, 1.807) is 11.0 Å². The van der Waals surface area contributed by atoms with Crippen molar-refractivity contribution in [2.24, 2.45) is 5.92 Å². The van der Waals surface area contributed by atoms with Crippen LogP contribution in [0, 0.1) is 5.92 Å². The number of methoxy groups -OCH3 is 1. The molecule has 5 nitrogen and oxygen atoms in total. The Labute approximate surface area is 107 Å². The molecule has 1 amide bonds. The van der Waals surface area contributed by atoms with Crippen molar-refractivity contribution in [2.45, 2.75) is 19.4 Å². The minimum atomic E-state index is -0.450. The van der Waals surface area contributed by atoms with Crippen LogP contribution in [0.3, 0.4) is 0 Å². The normalized spacial score (nSPS) is 18.6. The Morgan fingerprint density at radius 1 is 1.67 bits per heavy atom. The number of rotatable bonds is 6. The molecular weight excluding hydrogens is 234 g/mol. The van der Waals surface area contributed by atoms with Gasteiger partial charge in [0.1, 0.15) is 6.61 Å². The van der Waals surface area contributed by atoms with Crippen molar-refractivity contribution in [3.05, 3.63) is 24.8 Å². The summed E-state index contributed by atoms with van der Waals surface area (Å²) < 4.78 is 9.70. The summed E-state index contributed by atoms with van der Waals surface area (Å²) in [5, 5.41) is 0. The molecule has 0 aliphatic carbocycles. The fraction of sp³-hybridized carbons (Fsp3) is 0.538. The van der Waals surface area contributed by atoms with Crippen molar-refractivity contribution >= 4 is 12.1 Å². The fourth-order valence-electron chi connectivity index (χ4n) is 2.03. The van der Waals surface area contributed by atoms with E-state index in [4.69, 9.17) is 9.47 Å². The zero-order valence-corrected chi connectivity index (χ0v) is 10.8. The van der Waals surface area contributed by atoms with Crippen LogP contribution in [0.1, 0.15) is 13.3 Å². The molecule has 1 aliphatic rings. The maximum absolute atomic E-state index is 11.8. The van der Waals surface area contributed by atoms with E-state index in [1.807, 2.05) is 19.1 Å². The first-order valence-corrected chi connectivity index (χ1v) is 5.90. The number of amides is 1. The van der Waals surface area contributed by atoms with E-state index in [9.17, 15) is 9.59 Å². The minimum Gasteiger partial charge on any atom is -0.469 e. The fourth-order valence-corrected chi connectivity index (χ4v) is 2.03. The van der Waals surface area contributed by atoms with Gasteiger partial charge in [0, 0.05) is 0 Å². The molecule has 1 heterocycles. The summed E-state index contributed by atoms with van der Waals surface area (Å²) in [5.74, 6) is -0.799. The second kappa shape index (κ2) is 6.83. The molecular formula is C13H19NO4. The van der Waals surface area contributed by atoms with Gasteiger partial charge in [0.15, 0.2) is 0 Å². The third-order valence-corrected chi connectivity index (χ3v) is 2.88. The highest BCUT2D eigenvalue weighted by atomic mass is 16.6. The summed E-state index contributed by atoms with van der Waals surface area (Å²) in [6.07, 6.45) is 5.34. The molecule has 5 heteroatoms. The molecule has 1 rings (SSSR count). The third kappa shape index (κ3) is 3.12. The quantitative estimate of drug-likeness (QED) is 0.534. The van der Waals surface area contributed by atoms with Crippen LogP contribution in [0.5, 0.6) is 0 Å². The zero-order valence-electron chi connectivity index (χ0n) is 10.8. The molecule has 0 aromatic carbocycles. The molecule has 0 bridgehead atoms. The number of hydrogen-bond acceptors (Lipinski definition) is 4. The molecule has 18 heavy (non-hydrogen) atoms. The predicted molar refractivity (Wildman–Crippen MR) is 67.0 cm³/mol. The number of carbonyl (C=O) groups is 2. The Kier molecular flexibility index (Phi) is 5.42. The highest BCUT2D eigenvalue weighted by molar-refractivity contribution is 5.76. The van der Waals surface area contributed by atoms with Gasteiger partial charge in [-0.15, -0.1) is 6.58 Å². The zero-order chi connectivity index (χ0) is 13.5. The Hall–Kier alpha value is -1.78. The lowest BCUT2D eigenvalue weighted by atomic mass is 9.94. The maximum Gasteiger partial charge on any atom is 0.410 e. The number of carbonyl (C=O) groups excluding carboxylic acids is 2. The number of hydrogen-bond donors (Lipinski definition) is 0. The largest absolute Gasteiger partial charge is 0.469 e. The van der Waals surface area contributed by atoms with Crippen LogP contribution in [0.4, 0.5) is 4.79 Å². The Balaban J connectivity index is 2.95. The lowest BCUT2D eigenvalue weighted by Crippen LogP contribution is -2.43. The Morgan fingerprint density at radius 2 is 2.39 bits per heavy atom. The summed E-state index contributed by atoms with van der Waals surface area (Å²) in [6.45, 7) is 6.32. The van der Waals surface area contributed by atoms with Crippen LogP contribution in [-0.4, -0.2) is 43.3 Å². The van der Waals surface area contributed by atoms with Crippen molar-refractivity contribution in [3.63, 3.8) is 0 Å². The standard InChI is InChI=1S/C13H19NO4/c1-4-6-10(12(15)17-3)11(7-5-2)14-8-9-18-13(14)16/h4-5,7,10-11H,1,6,8-9H2,2-3H3/b7-5+/t10-,11-/m1/s1. The molecule has 0 N–H and O–H groups in total. The second-order valence-electron chi connectivity index (χ2n) is 3.98. The van der Waals surface area contributed by atoms with Gasteiger partial charge in [-0.3, -0.25) is 9.69 Å². The molecule has 0 radical (unpaired) electrons. The molecule has 0 unspecified atom stereocenters. The smallest absolute Gasteiger partial charge is 0.410 e. The maximum atomic E-state index is 11.8. The van der Waals surface area contributed by atoms with E-state index >= 15 is 0 Å². The first-order valence-electron chi connectivity index (χ1n) is 5.90. The number of nitrogens with zero attached hydrogens (tertiary/aromatic N) is 1. The average molecular weight is 253 g/mol. The summed E-state index contributed by atoms with van der Waals surface area (Å²) >= 11 is 0. The molecule has 1 saturated heterocycles. The highest BCUT2D eigenvalue weighted by Gasteiger charge is 2.36. The highest BCUT2D eigenvalue weighted by Crippen LogP contribution is 2.22. The molecule has 0 aromatic rings. The van der Waals surface area contributed by atoms with E-state index in [0.29, 0.717) is 19.6 Å². The van der Waals surface area contributed by atoms with E-state index in [1.165, 1.54) is 7.11 Å². The van der Waals surface area contributed by atoms with Crippen molar-refractivity contribution in [3.8, 4) is 0 Å². The number of esters is 1. The van der Waals surface area contributed by atoms with Gasteiger partial charge in [0.2, 0.25) is 0 Å². The van der Waals surface area contributed by atoms with Gasteiger partial charge >= 0.3 is 12.1 Å². The van der Waals surface area contributed by atoms with Crippen molar-refractivity contribution in [1.29, 1.82) is 0 Å². The first kappa shape index (κ1) is 14.3. The van der Waals surface area contributed by atoms with Crippen molar-refractivity contribution in [2.75, 3.05) is 20.3 Å². The summed E-state index contributed by atoms with van der Waals surface area (Å²) in [7, 11) is 1.34. The van der Waals surface area contributed by atoms with Gasteiger partial charge in [0.25, 0.3) is 0 Å². The number of ether oxygens (including phenoxy) is 2. The van der Waals surface area contributed by atoms with Crippen molar-refractivity contribution in [1.82, 2.24) is 4.90 Å². The van der Waals surface area contributed by atoms with Crippen LogP contribution in [0.2, 0.25) is 0 Å². The molecule has 0 aromatic heterocycles. The monoisotopic (exact) mass is 253 g/mol. The average Bonchev–Trinajstić information content (AvgIpc) is 2.79. The van der Waals surface area contributed by atoms with Gasteiger partial charge in [-0.05, 0) is 13.3 Å². The summed E-state index contributed by atoms with van der Waals surface area (Å²) in [5.41, 5.74) is 0. The molecule has 2 atom stereocenters. The third-order valence-electron chi connectivity index (χ3n) is 2.88. The van der Waals surface area contributed by atoms with Crippen LogP contribution in [0.15, 0.2) is 24.8 Å². The Bertz CT molecular complexity index is 351. The van der Waals surface area contributed by atoms with E-state index < -0.39 is 12.0 Å². The first-order chi connectivity index (χ1) is 8.65. The van der Waals surface area contributed by atoms with Gasteiger partial charge in [-0.25, -0.2) is 4.79 Å². The predicted octanol–water partition coefficient (Wildman–Crippen LogP) is 1.75. The number of allylic oxidation sites excluding steroid dienone is 2. The van der Waals surface area contributed by atoms with E-state index in [2.05, 4.69) is 6.58 Å². The second-order valence-corrected chi connectivity index (χ2v) is 3.98. The van der Waals surface area contributed by atoms with Crippen molar-refractivity contribution < 1.29 is 19.1 Å². The van der Waals surface area contributed by atoms with E-state index in [-0.39, 0.29) is 12.0 Å². The SMILES string of the molecule is C=CC[C@@H](C(=O)OC)[C@@H](/C=C/C)N1CCOC1=O. The Morgan fingerprint density at radius 3 is 2.83 bits per heavy atom. The molecule has 100 valence electrons. The van der Waals surface area contributed by atoms with E-state index in [0.717, 1.165) is 0 Å². The molecule has 0 spiro atoms. The molecule has 1 fully saturated rings. The van der Waals surface area contributed by atoms with Crippen LogP contribution in [0.25, 0.3) is 0 Å². The topological polar surface area (TPSA) is 55.8 Å². The van der Waals surface area contributed by atoms with Crippen LogP contribution < -0.4 is 0 Å². The van der Waals surface area contributed by atoms with Gasteiger partial charge < -0.3 is 9.47 Å². The van der Waals surface area contributed by atoms with Gasteiger partial charge in [-0.2, -0.15) is 0 Å². The van der Waals surface area contributed by atoms with Crippen LogP contribution in [-0.2, 0) is 14.3 Å². The number of cyclic esters (lactones) is 1. The molecule has 0 saturated carbocycles. The summed E-state index contributed by atoms with van der Waals surface area (Å²) in [6, 6.07) is -0.351. The summed E-state index contributed by atoms with van der Waals surface area (Å²) in [4.78, 5) is 24.9. The minimum absolute atomic E-state index is 0.349. The van der Waals surface area contributed by atoms with Gasteiger partial charge in [-0.1, -0.05) is 18.2 Å². The van der Waals surface area contributed by atoms with Gasteiger partial charge in [0.05, 0.1) is 25.6 Å². The lowest BCUT2D eigenvalue weighted by Gasteiger charge is -2.28. The lowest BCUT2D eigenvalue weighted by molar-refractivity contribution is -0.146. The van der Waals surface area contributed by atoms with Crippen LogP contribution >= 0.6 is 0 Å².